The number of aryl methyl sites for hydroxylation is 1. The van der Waals surface area contributed by atoms with Gasteiger partial charge in [-0.25, -0.2) is 0 Å². The summed E-state index contributed by atoms with van der Waals surface area (Å²) in [6.45, 7) is 0.187. The average Bonchev–Trinajstić information content (AvgIpc) is 2.55. The summed E-state index contributed by atoms with van der Waals surface area (Å²) in [5.74, 6) is 0.340. The fraction of sp³-hybridized carbons (Fsp3) is 0.333. The van der Waals surface area contributed by atoms with Crippen LogP contribution in [0.5, 0.6) is 0 Å². The average molecular weight is 283 g/mol. The second kappa shape index (κ2) is 8.32. The number of benzene rings is 1. The first kappa shape index (κ1) is 15.4. The maximum Gasteiger partial charge on any atom is 0.150 e. The highest BCUT2D eigenvalue weighted by Crippen LogP contribution is 2.25. The van der Waals surface area contributed by atoms with Gasteiger partial charge in [0.25, 0.3) is 0 Å². The Kier molecular flexibility index (Phi) is 6.10. The molecule has 0 radical (unpaired) electrons. The predicted octanol–water partition coefficient (Wildman–Crippen LogP) is 3.38. The van der Waals surface area contributed by atoms with Crippen molar-refractivity contribution in [1.82, 2.24) is 4.98 Å². The summed E-state index contributed by atoms with van der Waals surface area (Å²) < 4.78 is 0. The summed E-state index contributed by atoms with van der Waals surface area (Å²) in [4.78, 5) is 14.8. The van der Waals surface area contributed by atoms with Gasteiger partial charge < -0.3 is 5.11 Å². The third-order valence-electron chi connectivity index (χ3n) is 3.76. The fourth-order valence-corrected chi connectivity index (χ4v) is 2.58. The van der Waals surface area contributed by atoms with Crippen molar-refractivity contribution in [2.75, 3.05) is 6.61 Å². The van der Waals surface area contributed by atoms with Gasteiger partial charge in [0.2, 0.25) is 0 Å². The van der Waals surface area contributed by atoms with Gasteiger partial charge in [-0.05, 0) is 48.8 Å². The van der Waals surface area contributed by atoms with Gasteiger partial charge >= 0.3 is 0 Å². The lowest BCUT2D eigenvalue weighted by Crippen LogP contribution is -2.03. The predicted molar refractivity (Wildman–Crippen MR) is 83.4 cm³/mol. The molecule has 1 atom stereocenters. The standard InChI is InChI=1S/C18H21NO2/c20-12-10-17(18-8-6-16(14-21)7-9-18)5-1-3-15-4-2-11-19-13-15/h2,4,6-9,11,13-14,17,20H,1,3,5,10,12H2. The SMILES string of the molecule is O=Cc1ccc(C(CCO)CCCc2cccnc2)cc1. The molecular weight excluding hydrogens is 262 g/mol. The number of aliphatic hydroxyl groups excluding tert-OH is 1. The largest absolute Gasteiger partial charge is 0.396 e. The van der Waals surface area contributed by atoms with E-state index in [4.69, 9.17) is 0 Å². The van der Waals surface area contributed by atoms with E-state index in [1.165, 1.54) is 11.1 Å². The molecule has 2 aromatic rings. The van der Waals surface area contributed by atoms with Crippen molar-refractivity contribution in [1.29, 1.82) is 0 Å². The first-order valence-corrected chi connectivity index (χ1v) is 7.38. The lowest BCUT2D eigenvalue weighted by atomic mass is 9.90. The quantitative estimate of drug-likeness (QED) is 0.756. The molecular formula is C18H21NO2. The second-order valence-electron chi connectivity index (χ2n) is 5.25. The van der Waals surface area contributed by atoms with Gasteiger partial charge in [0.05, 0.1) is 0 Å². The number of nitrogens with zero attached hydrogens (tertiary/aromatic N) is 1. The molecule has 3 nitrogen and oxygen atoms in total. The normalized spacial score (nSPS) is 12.0. The van der Waals surface area contributed by atoms with Gasteiger partial charge in [0.1, 0.15) is 6.29 Å². The number of pyridine rings is 1. The minimum absolute atomic E-state index is 0.187. The number of carbonyl (C=O) groups excluding carboxylic acids is 1. The molecule has 21 heavy (non-hydrogen) atoms. The van der Waals surface area contributed by atoms with Crippen LogP contribution in [0.4, 0.5) is 0 Å². The molecule has 3 heteroatoms. The number of hydrogen-bond acceptors (Lipinski definition) is 3. The number of carbonyl (C=O) groups is 1. The molecule has 1 N–H and O–H groups in total. The minimum atomic E-state index is 0.187. The molecule has 1 unspecified atom stereocenters. The molecule has 0 fully saturated rings. The number of aliphatic hydroxyl groups is 1. The van der Waals surface area contributed by atoms with Gasteiger partial charge in [0.15, 0.2) is 0 Å². The molecule has 0 aliphatic rings. The van der Waals surface area contributed by atoms with Crippen molar-refractivity contribution >= 4 is 6.29 Å². The highest BCUT2D eigenvalue weighted by atomic mass is 16.3. The zero-order valence-corrected chi connectivity index (χ0v) is 12.1. The zero-order valence-electron chi connectivity index (χ0n) is 12.1. The smallest absolute Gasteiger partial charge is 0.150 e. The molecule has 0 saturated carbocycles. The van der Waals surface area contributed by atoms with Gasteiger partial charge in [-0.3, -0.25) is 9.78 Å². The molecule has 1 heterocycles. The molecule has 0 aliphatic carbocycles. The first-order chi connectivity index (χ1) is 10.3. The van der Waals surface area contributed by atoms with Crippen molar-refractivity contribution in [3.63, 3.8) is 0 Å². The van der Waals surface area contributed by atoms with Crippen molar-refractivity contribution in [3.8, 4) is 0 Å². The van der Waals surface area contributed by atoms with Crippen LogP contribution in [0.15, 0.2) is 48.8 Å². The van der Waals surface area contributed by atoms with Crippen LogP contribution in [0.1, 0.15) is 46.7 Å². The van der Waals surface area contributed by atoms with E-state index in [9.17, 15) is 9.90 Å². The number of aromatic nitrogens is 1. The summed E-state index contributed by atoms with van der Waals surface area (Å²) in [5.41, 5.74) is 3.13. The van der Waals surface area contributed by atoms with Gasteiger partial charge in [-0.15, -0.1) is 0 Å². The Morgan fingerprint density at radius 3 is 2.57 bits per heavy atom. The van der Waals surface area contributed by atoms with Crippen LogP contribution < -0.4 is 0 Å². The zero-order chi connectivity index (χ0) is 14.9. The highest BCUT2D eigenvalue weighted by Gasteiger charge is 2.11. The van der Waals surface area contributed by atoms with Crippen LogP contribution in [0.2, 0.25) is 0 Å². The van der Waals surface area contributed by atoms with Crippen LogP contribution in [-0.2, 0) is 6.42 Å². The Morgan fingerprint density at radius 1 is 1.14 bits per heavy atom. The Hall–Kier alpha value is -2.00. The Morgan fingerprint density at radius 2 is 1.95 bits per heavy atom. The third-order valence-corrected chi connectivity index (χ3v) is 3.76. The highest BCUT2D eigenvalue weighted by molar-refractivity contribution is 5.74. The van der Waals surface area contributed by atoms with Crippen LogP contribution >= 0.6 is 0 Å². The summed E-state index contributed by atoms with van der Waals surface area (Å²) in [6.07, 6.45) is 8.39. The molecule has 0 bridgehead atoms. The number of rotatable bonds is 8. The molecule has 0 saturated heterocycles. The fourth-order valence-electron chi connectivity index (χ4n) is 2.58. The van der Waals surface area contributed by atoms with E-state index in [2.05, 4.69) is 11.1 Å². The van der Waals surface area contributed by atoms with E-state index in [1.54, 1.807) is 6.20 Å². The molecule has 2 rings (SSSR count). The number of hydrogen-bond donors (Lipinski definition) is 1. The maximum atomic E-state index is 10.7. The van der Waals surface area contributed by atoms with E-state index >= 15 is 0 Å². The molecule has 1 aromatic heterocycles. The number of aldehydes is 1. The van der Waals surface area contributed by atoms with E-state index < -0.39 is 0 Å². The lowest BCUT2D eigenvalue weighted by molar-refractivity contribution is 0.112. The van der Waals surface area contributed by atoms with Crippen molar-refractivity contribution < 1.29 is 9.90 Å². The van der Waals surface area contributed by atoms with E-state index in [0.717, 1.165) is 32.0 Å². The van der Waals surface area contributed by atoms with Gasteiger partial charge in [-0.2, -0.15) is 0 Å². The van der Waals surface area contributed by atoms with E-state index in [1.807, 2.05) is 36.5 Å². The monoisotopic (exact) mass is 283 g/mol. The Bertz CT molecular complexity index is 537. The second-order valence-corrected chi connectivity index (χ2v) is 5.25. The van der Waals surface area contributed by atoms with Gasteiger partial charge in [-0.1, -0.05) is 30.3 Å². The van der Waals surface area contributed by atoms with Crippen LogP contribution in [-0.4, -0.2) is 23.0 Å². The molecule has 110 valence electrons. The van der Waals surface area contributed by atoms with Crippen LogP contribution in [0, 0.1) is 0 Å². The topological polar surface area (TPSA) is 50.2 Å². The summed E-state index contributed by atoms with van der Waals surface area (Å²) in [7, 11) is 0. The van der Waals surface area contributed by atoms with Crippen molar-refractivity contribution in [2.24, 2.45) is 0 Å². The molecule has 0 spiro atoms. The Labute approximate surface area is 125 Å². The summed E-state index contributed by atoms with van der Waals surface area (Å²) in [6, 6.07) is 11.7. The lowest BCUT2D eigenvalue weighted by Gasteiger charge is -2.16. The Balaban J connectivity index is 1.93. The molecule has 0 aliphatic heterocycles. The summed E-state index contributed by atoms with van der Waals surface area (Å²) in [5, 5.41) is 9.25. The molecule has 1 aromatic carbocycles. The van der Waals surface area contributed by atoms with Crippen LogP contribution in [0.3, 0.4) is 0 Å². The van der Waals surface area contributed by atoms with Crippen LogP contribution in [0.25, 0.3) is 0 Å². The van der Waals surface area contributed by atoms with Crippen molar-refractivity contribution in [2.45, 2.75) is 31.6 Å². The van der Waals surface area contributed by atoms with Gasteiger partial charge in [0, 0.05) is 24.6 Å². The third kappa shape index (κ3) is 4.80. The maximum absolute atomic E-state index is 10.7. The van der Waals surface area contributed by atoms with E-state index in [-0.39, 0.29) is 6.61 Å². The van der Waals surface area contributed by atoms with Crippen molar-refractivity contribution in [3.05, 3.63) is 65.5 Å². The summed E-state index contributed by atoms with van der Waals surface area (Å²) >= 11 is 0. The first-order valence-electron chi connectivity index (χ1n) is 7.38. The minimum Gasteiger partial charge on any atom is -0.396 e. The molecule has 0 amide bonds. The van der Waals surface area contributed by atoms with E-state index in [0.29, 0.717) is 11.5 Å².